The van der Waals surface area contributed by atoms with E-state index in [1.165, 1.54) is 6.92 Å². The maximum absolute atomic E-state index is 13.4. The lowest BCUT2D eigenvalue weighted by Crippen LogP contribution is -2.51. The van der Waals surface area contributed by atoms with E-state index in [0.717, 1.165) is 24.9 Å². The number of amides is 3. The molecule has 1 spiro atoms. The fourth-order valence-corrected chi connectivity index (χ4v) is 5.23. The molecule has 0 bridgehead atoms. The number of nitrogens with zero attached hydrogens (tertiary/aromatic N) is 3. The zero-order valence-corrected chi connectivity index (χ0v) is 21.8. The number of rotatable bonds is 6. The van der Waals surface area contributed by atoms with Crippen LogP contribution in [-0.2, 0) is 14.3 Å². The first-order valence-corrected chi connectivity index (χ1v) is 12.8. The Labute approximate surface area is 213 Å². The van der Waals surface area contributed by atoms with Crippen LogP contribution in [0.3, 0.4) is 0 Å². The molecule has 36 heavy (non-hydrogen) atoms. The Kier molecular flexibility index (Phi) is 7.54. The first-order chi connectivity index (χ1) is 17.1. The molecule has 8 nitrogen and oxygen atoms in total. The number of hydrogen-bond acceptors (Lipinski definition) is 4. The van der Waals surface area contributed by atoms with Crippen LogP contribution in [0.2, 0.25) is 0 Å². The largest absolute Gasteiger partial charge is 0.373 e. The van der Waals surface area contributed by atoms with E-state index in [-0.39, 0.29) is 29.7 Å². The van der Waals surface area contributed by atoms with Gasteiger partial charge in [0.25, 0.3) is 5.91 Å². The molecule has 4 rings (SSSR count). The fraction of sp³-hybridized carbons (Fsp3) is 0.536. The molecular weight excluding hydrogens is 456 g/mol. The number of aromatic nitrogens is 1. The Bertz CT molecular complexity index is 1080. The first-order valence-electron chi connectivity index (χ1n) is 12.8. The number of piperidine rings is 1. The fourth-order valence-electron chi connectivity index (χ4n) is 5.23. The zero-order valence-electron chi connectivity index (χ0n) is 21.8. The van der Waals surface area contributed by atoms with E-state index < -0.39 is 11.6 Å². The molecule has 1 aromatic carbocycles. The summed E-state index contributed by atoms with van der Waals surface area (Å²) in [4.78, 5) is 42.3. The van der Waals surface area contributed by atoms with Crippen molar-refractivity contribution in [1.29, 1.82) is 0 Å². The van der Waals surface area contributed by atoms with E-state index in [2.05, 4.69) is 5.32 Å². The number of para-hydroxylation sites is 1. The summed E-state index contributed by atoms with van der Waals surface area (Å²) in [6, 6.07) is 10.9. The van der Waals surface area contributed by atoms with E-state index >= 15 is 0 Å². The summed E-state index contributed by atoms with van der Waals surface area (Å²) in [5, 5.41) is 2.77. The topological polar surface area (TPSA) is 83.9 Å². The number of hydrogen-bond donors (Lipinski definition) is 1. The van der Waals surface area contributed by atoms with Gasteiger partial charge in [-0.2, -0.15) is 0 Å². The van der Waals surface area contributed by atoms with Crippen molar-refractivity contribution in [3.05, 3.63) is 54.4 Å². The number of nitrogens with one attached hydrogen (secondary N) is 1. The van der Waals surface area contributed by atoms with Crippen LogP contribution in [0.15, 0.2) is 48.8 Å². The van der Waals surface area contributed by atoms with Crippen LogP contribution in [0.25, 0.3) is 5.69 Å². The average Bonchev–Trinajstić information content (AvgIpc) is 3.52. The number of benzene rings is 1. The van der Waals surface area contributed by atoms with Crippen molar-refractivity contribution >= 4 is 17.7 Å². The highest BCUT2D eigenvalue weighted by atomic mass is 16.5. The molecule has 0 saturated carbocycles. The lowest BCUT2D eigenvalue weighted by atomic mass is 9.77. The molecule has 3 heterocycles. The average molecular weight is 495 g/mol. The number of carbonyl (C=O) groups is 3. The summed E-state index contributed by atoms with van der Waals surface area (Å²) in [5.74, 6) is -0.289. The van der Waals surface area contributed by atoms with E-state index in [9.17, 15) is 14.4 Å². The third-order valence-corrected chi connectivity index (χ3v) is 7.24. The van der Waals surface area contributed by atoms with Gasteiger partial charge in [0, 0.05) is 45.5 Å². The maximum Gasteiger partial charge on any atom is 0.255 e. The quantitative estimate of drug-likeness (QED) is 0.668. The second kappa shape index (κ2) is 10.5. The Morgan fingerprint density at radius 3 is 2.19 bits per heavy atom. The van der Waals surface area contributed by atoms with Crippen LogP contribution in [0, 0.1) is 5.41 Å². The molecule has 194 valence electrons. The minimum absolute atomic E-state index is 0.0119. The summed E-state index contributed by atoms with van der Waals surface area (Å²) >= 11 is 0. The van der Waals surface area contributed by atoms with Crippen molar-refractivity contribution in [1.82, 2.24) is 19.7 Å². The van der Waals surface area contributed by atoms with Gasteiger partial charge in [-0.3, -0.25) is 14.4 Å². The van der Waals surface area contributed by atoms with Crippen molar-refractivity contribution in [2.24, 2.45) is 5.41 Å². The molecule has 2 aliphatic heterocycles. The Balaban J connectivity index is 1.38. The molecule has 2 fully saturated rings. The highest BCUT2D eigenvalue weighted by Gasteiger charge is 2.44. The van der Waals surface area contributed by atoms with Crippen molar-refractivity contribution < 1.29 is 19.1 Å². The van der Waals surface area contributed by atoms with Crippen LogP contribution in [0.5, 0.6) is 0 Å². The zero-order chi connectivity index (χ0) is 25.9. The van der Waals surface area contributed by atoms with Gasteiger partial charge in [0.15, 0.2) is 0 Å². The van der Waals surface area contributed by atoms with Gasteiger partial charge in [-0.25, -0.2) is 0 Å². The van der Waals surface area contributed by atoms with E-state index in [1.54, 1.807) is 0 Å². The standard InChI is InChI=1S/C28H38N4O4/c1-21(33)29-23(19-36-27(2,3)4)26(35)32-18-13-28(20-32)11-16-31(17-12-28)25(34)22-9-5-6-10-24(22)30-14-7-8-15-30/h5-10,14-15,23H,11-13,16-20H2,1-4H3,(H,29,33). The minimum atomic E-state index is -0.691. The van der Waals surface area contributed by atoms with E-state index in [4.69, 9.17) is 4.74 Å². The van der Waals surface area contributed by atoms with Crippen LogP contribution in [0.1, 0.15) is 57.3 Å². The summed E-state index contributed by atoms with van der Waals surface area (Å²) in [6.45, 7) is 10.0. The Morgan fingerprint density at radius 1 is 0.972 bits per heavy atom. The molecule has 2 aromatic rings. The number of likely N-dealkylation sites (tertiary alicyclic amines) is 2. The summed E-state index contributed by atoms with van der Waals surface area (Å²) < 4.78 is 7.79. The molecule has 1 N–H and O–H groups in total. The molecular formula is C28H38N4O4. The molecule has 3 amide bonds. The molecule has 8 heteroatoms. The molecule has 2 aliphatic rings. The monoisotopic (exact) mass is 494 g/mol. The van der Waals surface area contributed by atoms with Gasteiger partial charge in [-0.05, 0) is 69.7 Å². The van der Waals surface area contributed by atoms with Gasteiger partial charge in [-0.15, -0.1) is 0 Å². The minimum Gasteiger partial charge on any atom is -0.373 e. The van der Waals surface area contributed by atoms with Crippen LogP contribution in [-0.4, -0.2) is 76.5 Å². The normalized spacial score (nSPS) is 18.3. The van der Waals surface area contributed by atoms with E-state index in [1.807, 2.05) is 83.9 Å². The smallest absolute Gasteiger partial charge is 0.255 e. The second-order valence-electron chi connectivity index (χ2n) is 11.1. The van der Waals surface area contributed by atoms with Crippen molar-refractivity contribution in [3.63, 3.8) is 0 Å². The Hall–Kier alpha value is -3.13. The van der Waals surface area contributed by atoms with Gasteiger partial charge >= 0.3 is 0 Å². The molecule has 0 radical (unpaired) electrons. The second-order valence-corrected chi connectivity index (χ2v) is 11.1. The molecule has 1 aromatic heterocycles. The van der Waals surface area contributed by atoms with E-state index in [0.29, 0.717) is 31.7 Å². The third kappa shape index (κ3) is 5.98. The molecule has 2 saturated heterocycles. The van der Waals surface area contributed by atoms with Gasteiger partial charge in [0.05, 0.1) is 23.5 Å². The summed E-state index contributed by atoms with van der Waals surface area (Å²) in [5.41, 5.74) is 1.19. The van der Waals surface area contributed by atoms with Crippen molar-refractivity contribution in [2.75, 3.05) is 32.8 Å². The SMILES string of the molecule is CC(=O)NC(COC(C)(C)C)C(=O)N1CCC2(CCN(C(=O)c3ccccc3-n3cccc3)CC2)C1. The van der Waals surface area contributed by atoms with Gasteiger partial charge in [0.1, 0.15) is 6.04 Å². The van der Waals surface area contributed by atoms with Gasteiger partial charge in [0.2, 0.25) is 11.8 Å². The summed E-state index contributed by atoms with van der Waals surface area (Å²) in [7, 11) is 0. The van der Waals surface area contributed by atoms with Crippen molar-refractivity contribution in [2.45, 2.75) is 58.6 Å². The van der Waals surface area contributed by atoms with Crippen LogP contribution in [0.4, 0.5) is 0 Å². The molecule has 0 aliphatic carbocycles. The third-order valence-electron chi connectivity index (χ3n) is 7.24. The number of carbonyl (C=O) groups excluding carboxylic acids is 3. The summed E-state index contributed by atoms with van der Waals surface area (Å²) in [6.07, 6.45) is 6.52. The van der Waals surface area contributed by atoms with Crippen LogP contribution < -0.4 is 5.32 Å². The van der Waals surface area contributed by atoms with Gasteiger partial charge < -0.3 is 24.4 Å². The number of ether oxygens (including phenoxy) is 1. The Morgan fingerprint density at radius 2 is 1.58 bits per heavy atom. The maximum atomic E-state index is 13.4. The first kappa shape index (κ1) is 25.9. The predicted octanol–water partition coefficient (Wildman–Crippen LogP) is 3.25. The molecule has 1 atom stereocenters. The lowest BCUT2D eigenvalue weighted by Gasteiger charge is -2.39. The predicted molar refractivity (Wildman–Crippen MR) is 138 cm³/mol. The van der Waals surface area contributed by atoms with Gasteiger partial charge in [-0.1, -0.05) is 12.1 Å². The van der Waals surface area contributed by atoms with Crippen molar-refractivity contribution in [3.8, 4) is 5.69 Å². The highest BCUT2D eigenvalue weighted by molar-refractivity contribution is 5.98. The molecule has 1 unspecified atom stereocenters. The lowest BCUT2D eigenvalue weighted by molar-refractivity contribution is -0.139. The highest BCUT2D eigenvalue weighted by Crippen LogP contribution is 2.41. The van der Waals surface area contributed by atoms with Crippen LogP contribution >= 0.6 is 0 Å².